The van der Waals surface area contributed by atoms with Crippen LogP contribution in [0.25, 0.3) is 0 Å². The van der Waals surface area contributed by atoms with Crippen molar-refractivity contribution in [2.75, 3.05) is 6.61 Å². The number of thiophene rings is 1. The highest BCUT2D eigenvalue weighted by atomic mass is 79.9. The Morgan fingerprint density at radius 2 is 2.11 bits per heavy atom. The minimum Gasteiger partial charge on any atom is -0.493 e. The monoisotopic (exact) mass is 322 g/mol. The van der Waals surface area contributed by atoms with Gasteiger partial charge >= 0.3 is 0 Å². The zero-order valence-corrected chi connectivity index (χ0v) is 12.8. The normalized spacial score (nSPS) is 19.4. The molecule has 0 amide bonds. The number of hydrogen-bond donors (Lipinski definition) is 0. The molecule has 0 aliphatic carbocycles. The second-order valence-corrected chi connectivity index (χ2v) is 7.04. The van der Waals surface area contributed by atoms with Crippen molar-refractivity contribution >= 4 is 27.3 Å². The molecule has 1 aliphatic rings. The fraction of sp³-hybridized carbons (Fsp3) is 0.333. The van der Waals surface area contributed by atoms with E-state index in [1.54, 1.807) is 0 Å². The Morgan fingerprint density at radius 1 is 1.33 bits per heavy atom. The van der Waals surface area contributed by atoms with Gasteiger partial charge in [-0.3, -0.25) is 0 Å². The average Bonchev–Trinajstić information content (AvgIpc) is 2.92. The molecule has 3 heteroatoms. The van der Waals surface area contributed by atoms with E-state index in [4.69, 9.17) is 4.74 Å². The van der Waals surface area contributed by atoms with Crippen LogP contribution < -0.4 is 4.74 Å². The molecule has 1 nitrogen and oxygen atoms in total. The van der Waals surface area contributed by atoms with Crippen LogP contribution >= 0.6 is 27.3 Å². The highest BCUT2D eigenvalue weighted by Gasteiger charge is 2.32. The topological polar surface area (TPSA) is 9.23 Å². The summed E-state index contributed by atoms with van der Waals surface area (Å²) in [5.41, 5.74) is 2.70. The van der Waals surface area contributed by atoms with Gasteiger partial charge in [0.1, 0.15) is 5.75 Å². The van der Waals surface area contributed by atoms with Gasteiger partial charge in [0.2, 0.25) is 0 Å². The first-order valence-electron chi connectivity index (χ1n) is 6.09. The Bertz CT molecular complexity index is 576. The average molecular weight is 323 g/mol. The summed E-state index contributed by atoms with van der Waals surface area (Å²) in [6.07, 6.45) is 0. The van der Waals surface area contributed by atoms with Crippen LogP contribution in [0.4, 0.5) is 0 Å². The van der Waals surface area contributed by atoms with Crippen molar-refractivity contribution in [3.63, 3.8) is 0 Å². The van der Waals surface area contributed by atoms with Crippen LogP contribution in [-0.2, 0) is 0 Å². The summed E-state index contributed by atoms with van der Waals surface area (Å²) in [6, 6.07) is 10.6. The molecule has 0 spiro atoms. The molecule has 0 fully saturated rings. The molecule has 2 atom stereocenters. The van der Waals surface area contributed by atoms with Crippen LogP contribution in [0.15, 0.2) is 30.3 Å². The first-order chi connectivity index (χ1) is 8.66. The van der Waals surface area contributed by atoms with E-state index in [1.807, 2.05) is 17.4 Å². The molecule has 18 heavy (non-hydrogen) atoms. The molecule has 0 saturated heterocycles. The summed E-state index contributed by atoms with van der Waals surface area (Å²) in [4.78, 5) is 3.15. The van der Waals surface area contributed by atoms with Crippen molar-refractivity contribution < 1.29 is 4.74 Å². The Morgan fingerprint density at radius 3 is 2.83 bits per heavy atom. The van der Waals surface area contributed by atoms with Gasteiger partial charge in [-0.2, -0.15) is 0 Å². The maximum absolute atomic E-state index is 5.77. The molecule has 1 aliphatic heterocycles. The second kappa shape index (κ2) is 4.71. The lowest BCUT2D eigenvalue weighted by molar-refractivity contribution is 0.330. The highest BCUT2D eigenvalue weighted by molar-refractivity contribution is 9.09. The number of ether oxygens (including phenoxy) is 1. The van der Waals surface area contributed by atoms with E-state index in [9.17, 15) is 0 Å². The molecule has 94 valence electrons. The molecule has 0 radical (unpaired) electrons. The first-order valence-corrected chi connectivity index (χ1v) is 7.83. The minimum atomic E-state index is 0.347. The molecule has 1 aromatic heterocycles. The number of halogens is 1. The van der Waals surface area contributed by atoms with Gasteiger partial charge in [-0.05, 0) is 31.5 Å². The molecule has 2 unspecified atom stereocenters. The van der Waals surface area contributed by atoms with Crippen LogP contribution in [0.1, 0.15) is 31.6 Å². The van der Waals surface area contributed by atoms with Crippen molar-refractivity contribution in [1.82, 2.24) is 0 Å². The lowest BCUT2D eigenvalue weighted by Crippen LogP contribution is -2.07. The molecule has 1 aromatic carbocycles. The second-order valence-electron chi connectivity index (χ2n) is 4.76. The van der Waals surface area contributed by atoms with Gasteiger partial charge in [-0.15, -0.1) is 11.3 Å². The molecular formula is C15H15BrOS. The Labute approximate surface area is 120 Å². The van der Waals surface area contributed by atoms with E-state index in [0.717, 1.165) is 12.4 Å². The molecule has 0 bridgehead atoms. The zero-order valence-electron chi connectivity index (χ0n) is 10.4. The van der Waals surface area contributed by atoms with Gasteiger partial charge in [0.05, 0.1) is 11.4 Å². The van der Waals surface area contributed by atoms with Gasteiger partial charge in [-0.25, -0.2) is 0 Å². The van der Waals surface area contributed by atoms with Crippen molar-refractivity contribution in [2.45, 2.75) is 24.6 Å². The number of rotatable bonds is 2. The predicted octanol–water partition coefficient (Wildman–Crippen LogP) is 4.98. The lowest BCUT2D eigenvalue weighted by atomic mass is 9.96. The van der Waals surface area contributed by atoms with E-state index in [1.165, 1.54) is 20.9 Å². The largest absolute Gasteiger partial charge is 0.493 e. The standard InChI is InChI=1S/C15H15BrOS/c1-9-7-10(2)18-15(9)14(16)12-8-17-13-6-4-3-5-11(12)13/h3-7,12,14H,8H2,1-2H3. The number of alkyl halides is 1. The Balaban J connectivity index is 1.95. The van der Waals surface area contributed by atoms with E-state index in [-0.39, 0.29) is 0 Å². The van der Waals surface area contributed by atoms with Crippen molar-refractivity contribution in [2.24, 2.45) is 0 Å². The maximum atomic E-state index is 5.77. The van der Waals surface area contributed by atoms with Gasteiger partial charge in [0.15, 0.2) is 0 Å². The Hall–Kier alpha value is -0.800. The fourth-order valence-corrected chi connectivity index (χ4v) is 4.70. The fourth-order valence-electron chi connectivity index (χ4n) is 2.55. The van der Waals surface area contributed by atoms with Crippen LogP contribution in [-0.4, -0.2) is 6.61 Å². The van der Waals surface area contributed by atoms with Crippen LogP contribution in [0.5, 0.6) is 5.75 Å². The third-order valence-electron chi connectivity index (χ3n) is 3.42. The summed E-state index contributed by atoms with van der Waals surface area (Å²) in [6.45, 7) is 5.13. The van der Waals surface area contributed by atoms with Crippen LogP contribution in [0, 0.1) is 13.8 Å². The number of fused-ring (bicyclic) bond motifs is 1. The van der Waals surface area contributed by atoms with E-state index in [2.05, 4.69) is 54.0 Å². The van der Waals surface area contributed by atoms with Crippen LogP contribution in [0.3, 0.4) is 0 Å². The number of hydrogen-bond acceptors (Lipinski definition) is 2. The third-order valence-corrected chi connectivity index (χ3v) is 6.05. The van der Waals surface area contributed by atoms with Crippen molar-refractivity contribution in [1.29, 1.82) is 0 Å². The van der Waals surface area contributed by atoms with Gasteiger partial charge < -0.3 is 4.74 Å². The van der Waals surface area contributed by atoms with E-state index < -0.39 is 0 Å². The number of benzene rings is 1. The van der Waals surface area contributed by atoms with E-state index >= 15 is 0 Å². The molecule has 2 heterocycles. The van der Waals surface area contributed by atoms with Gasteiger partial charge in [-0.1, -0.05) is 34.1 Å². The molecule has 3 rings (SSSR count). The molecular weight excluding hydrogens is 308 g/mol. The molecule has 0 saturated carbocycles. The number of para-hydroxylation sites is 1. The molecule has 0 N–H and O–H groups in total. The third kappa shape index (κ3) is 1.99. The molecule has 2 aromatic rings. The Kier molecular flexibility index (Phi) is 3.20. The summed E-state index contributed by atoms with van der Waals surface area (Å²) < 4.78 is 5.77. The van der Waals surface area contributed by atoms with Crippen LogP contribution in [0.2, 0.25) is 0 Å². The summed E-state index contributed by atoms with van der Waals surface area (Å²) in [7, 11) is 0. The van der Waals surface area contributed by atoms with Gasteiger partial charge in [0.25, 0.3) is 0 Å². The maximum Gasteiger partial charge on any atom is 0.122 e. The minimum absolute atomic E-state index is 0.347. The van der Waals surface area contributed by atoms with E-state index in [0.29, 0.717) is 10.7 Å². The quantitative estimate of drug-likeness (QED) is 0.709. The van der Waals surface area contributed by atoms with Gasteiger partial charge in [0, 0.05) is 21.2 Å². The lowest BCUT2D eigenvalue weighted by Gasteiger charge is -2.16. The number of aryl methyl sites for hydroxylation is 2. The summed E-state index contributed by atoms with van der Waals surface area (Å²) in [5, 5.41) is 0. The summed E-state index contributed by atoms with van der Waals surface area (Å²) in [5.74, 6) is 1.45. The first kappa shape index (κ1) is 12.2. The van der Waals surface area contributed by atoms with Crippen molar-refractivity contribution in [3.05, 3.63) is 51.2 Å². The summed E-state index contributed by atoms with van der Waals surface area (Å²) >= 11 is 5.76. The highest BCUT2D eigenvalue weighted by Crippen LogP contribution is 2.47. The zero-order chi connectivity index (χ0) is 12.7. The smallest absolute Gasteiger partial charge is 0.122 e. The van der Waals surface area contributed by atoms with Crippen molar-refractivity contribution in [3.8, 4) is 5.75 Å². The SMILES string of the molecule is Cc1cc(C)c(C(Br)C2COc3ccccc32)s1. The predicted molar refractivity (Wildman–Crippen MR) is 80.1 cm³/mol.